The van der Waals surface area contributed by atoms with Gasteiger partial charge in [-0.1, -0.05) is 0 Å². The van der Waals surface area contributed by atoms with Crippen molar-refractivity contribution in [3.8, 4) is 0 Å². The predicted molar refractivity (Wildman–Crippen MR) is 46.3 cm³/mol. The van der Waals surface area contributed by atoms with Crippen molar-refractivity contribution in [1.29, 1.82) is 0 Å². The van der Waals surface area contributed by atoms with Gasteiger partial charge in [0.2, 0.25) is 0 Å². The van der Waals surface area contributed by atoms with Gasteiger partial charge in [0, 0.05) is 19.1 Å². The van der Waals surface area contributed by atoms with Gasteiger partial charge in [0.1, 0.15) is 0 Å². The highest BCUT2D eigenvalue weighted by molar-refractivity contribution is 4.88. The van der Waals surface area contributed by atoms with Gasteiger partial charge in [-0.2, -0.15) is 0 Å². The predicted octanol–water partition coefficient (Wildman–Crippen LogP) is 0.675. The molecule has 11 heavy (non-hydrogen) atoms. The third-order valence-electron chi connectivity index (χ3n) is 3.27. The summed E-state index contributed by atoms with van der Waals surface area (Å²) in [6, 6.07) is 0.499. The highest BCUT2D eigenvalue weighted by Crippen LogP contribution is 2.32. The summed E-state index contributed by atoms with van der Waals surface area (Å²) in [4.78, 5) is 2.45. The molecule has 2 saturated heterocycles. The smallest absolute Gasteiger partial charge is 0.00824 e. The van der Waals surface area contributed by atoms with Crippen molar-refractivity contribution in [3.63, 3.8) is 0 Å². The fourth-order valence-electron chi connectivity index (χ4n) is 2.67. The van der Waals surface area contributed by atoms with Crippen LogP contribution in [-0.4, -0.2) is 31.1 Å². The largest absolute Gasteiger partial charge is 0.327 e. The van der Waals surface area contributed by atoms with Crippen LogP contribution in [-0.2, 0) is 0 Å². The molecule has 1 aliphatic carbocycles. The van der Waals surface area contributed by atoms with E-state index in [9.17, 15) is 0 Å². The molecule has 0 spiro atoms. The van der Waals surface area contributed by atoms with Gasteiger partial charge in [0.15, 0.2) is 0 Å². The van der Waals surface area contributed by atoms with Crippen LogP contribution in [0.5, 0.6) is 0 Å². The summed E-state index contributed by atoms with van der Waals surface area (Å²) >= 11 is 0. The van der Waals surface area contributed by atoms with E-state index in [0.29, 0.717) is 6.04 Å². The zero-order valence-electron chi connectivity index (χ0n) is 7.29. The molecule has 0 unspecified atom stereocenters. The average molecular weight is 154 g/mol. The zero-order chi connectivity index (χ0) is 7.84. The van der Waals surface area contributed by atoms with Crippen LogP contribution in [0.15, 0.2) is 0 Å². The van der Waals surface area contributed by atoms with Crippen molar-refractivity contribution in [3.05, 3.63) is 0 Å². The first-order chi connectivity index (χ1) is 5.25. The number of rotatable bonds is 0. The Kier molecular flexibility index (Phi) is 1.90. The Hall–Kier alpha value is -0.0800. The molecule has 0 radical (unpaired) electrons. The van der Waals surface area contributed by atoms with E-state index in [0.717, 1.165) is 11.8 Å². The van der Waals surface area contributed by atoms with Crippen LogP contribution in [0, 0.1) is 11.8 Å². The molecule has 2 heteroatoms. The molecule has 3 rings (SSSR count). The summed E-state index contributed by atoms with van der Waals surface area (Å²) in [5.74, 6) is 1.69. The van der Waals surface area contributed by atoms with Gasteiger partial charge in [-0.15, -0.1) is 0 Å². The third kappa shape index (κ3) is 1.42. The van der Waals surface area contributed by atoms with Gasteiger partial charge in [0.25, 0.3) is 0 Å². The normalized spacial score (nSPS) is 45.8. The Morgan fingerprint density at radius 2 is 2.09 bits per heavy atom. The maximum Gasteiger partial charge on any atom is 0.00824 e. The lowest BCUT2D eigenvalue weighted by atomic mass is 9.81. The minimum Gasteiger partial charge on any atom is -0.327 e. The third-order valence-corrected chi connectivity index (χ3v) is 3.27. The molecular formula is C9H18N2. The summed E-state index contributed by atoms with van der Waals surface area (Å²) in [5, 5.41) is 0. The van der Waals surface area contributed by atoms with E-state index in [1.54, 1.807) is 0 Å². The van der Waals surface area contributed by atoms with Crippen LogP contribution in [0.25, 0.3) is 0 Å². The monoisotopic (exact) mass is 154 g/mol. The van der Waals surface area contributed by atoms with Crippen LogP contribution in [0.2, 0.25) is 0 Å². The minimum atomic E-state index is 0.499. The Morgan fingerprint density at radius 3 is 2.82 bits per heavy atom. The SMILES string of the molecule is CN1C[C@@H]2CC[C@@H](C1)[C@H](N)C2. The van der Waals surface area contributed by atoms with Crippen LogP contribution in [0.1, 0.15) is 19.3 Å². The summed E-state index contributed by atoms with van der Waals surface area (Å²) in [7, 11) is 2.23. The molecule has 2 heterocycles. The summed E-state index contributed by atoms with van der Waals surface area (Å²) in [6.07, 6.45) is 4.06. The first-order valence-electron chi connectivity index (χ1n) is 4.70. The standard InChI is InChI=1S/C9H18N2/c1-11-5-7-2-3-8(6-11)9(10)4-7/h7-9H,2-6,10H2,1H3/t7-,8+,9-/m1/s1. The van der Waals surface area contributed by atoms with E-state index in [-0.39, 0.29) is 0 Å². The summed E-state index contributed by atoms with van der Waals surface area (Å²) < 4.78 is 0. The van der Waals surface area contributed by atoms with Crippen molar-refractivity contribution in [2.45, 2.75) is 25.3 Å². The second kappa shape index (κ2) is 2.76. The highest BCUT2D eigenvalue weighted by Gasteiger charge is 2.32. The van der Waals surface area contributed by atoms with E-state index >= 15 is 0 Å². The zero-order valence-corrected chi connectivity index (χ0v) is 7.29. The number of fused-ring (bicyclic) bond motifs is 4. The molecule has 1 saturated carbocycles. The van der Waals surface area contributed by atoms with E-state index in [2.05, 4.69) is 11.9 Å². The molecule has 2 N–H and O–H groups in total. The second-order valence-electron chi connectivity index (χ2n) is 4.32. The summed E-state index contributed by atoms with van der Waals surface area (Å²) in [5.41, 5.74) is 6.06. The lowest BCUT2D eigenvalue weighted by Crippen LogP contribution is -2.36. The van der Waals surface area contributed by atoms with Crippen LogP contribution < -0.4 is 5.73 Å². The lowest BCUT2D eigenvalue weighted by Gasteiger charge is -2.28. The first kappa shape index (κ1) is 7.56. The quantitative estimate of drug-likeness (QED) is 0.556. The summed E-state index contributed by atoms with van der Waals surface area (Å²) in [6.45, 7) is 2.52. The molecule has 0 aromatic carbocycles. The molecule has 2 aliphatic heterocycles. The number of hydrogen-bond donors (Lipinski definition) is 1. The topological polar surface area (TPSA) is 29.3 Å². The average Bonchev–Trinajstić information content (AvgIpc) is 2.16. The number of nitrogens with two attached hydrogens (primary N) is 1. The Labute approximate surface area is 68.7 Å². The van der Waals surface area contributed by atoms with E-state index < -0.39 is 0 Å². The molecule has 2 nitrogen and oxygen atoms in total. The van der Waals surface area contributed by atoms with Gasteiger partial charge in [0.05, 0.1) is 0 Å². The Bertz CT molecular complexity index is 144. The highest BCUT2D eigenvalue weighted by atomic mass is 15.1. The molecule has 0 amide bonds. The molecule has 3 atom stereocenters. The molecule has 2 bridgehead atoms. The molecular weight excluding hydrogens is 136 g/mol. The number of nitrogens with zero attached hydrogens (tertiary/aromatic N) is 1. The van der Waals surface area contributed by atoms with E-state index in [1.165, 1.54) is 32.4 Å². The van der Waals surface area contributed by atoms with Crippen LogP contribution >= 0.6 is 0 Å². The van der Waals surface area contributed by atoms with Crippen LogP contribution in [0.3, 0.4) is 0 Å². The molecule has 3 fully saturated rings. The number of hydrogen-bond acceptors (Lipinski definition) is 2. The van der Waals surface area contributed by atoms with E-state index in [4.69, 9.17) is 5.73 Å². The Morgan fingerprint density at radius 1 is 1.27 bits per heavy atom. The molecule has 0 aromatic heterocycles. The van der Waals surface area contributed by atoms with Gasteiger partial charge >= 0.3 is 0 Å². The lowest BCUT2D eigenvalue weighted by molar-refractivity contribution is 0.279. The Balaban J connectivity index is 2.10. The second-order valence-corrected chi connectivity index (χ2v) is 4.32. The van der Waals surface area contributed by atoms with Crippen molar-refractivity contribution >= 4 is 0 Å². The van der Waals surface area contributed by atoms with Crippen molar-refractivity contribution < 1.29 is 0 Å². The maximum absolute atomic E-state index is 6.06. The van der Waals surface area contributed by atoms with Crippen molar-refractivity contribution in [1.82, 2.24) is 4.90 Å². The maximum atomic E-state index is 6.06. The molecule has 3 aliphatic rings. The van der Waals surface area contributed by atoms with Gasteiger partial charge in [-0.05, 0) is 38.1 Å². The molecule has 0 aromatic rings. The van der Waals surface area contributed by atoms with Gasteiger partial charge in [-0.25, -0.2) is 0 Å². The van der Waals surface area contributed by atoms with Crippen molar-refractivity contribution in [2.24, 2.45) is 17.6 Å². The fraction of sp³-hybridized carbons (Fsp3) is 1.00. The van der Waals surface area contributed by atoms with Crippen LogP contribution in [0.4, 0.5) is 0 Å². The van der Waals surface area contributed by atoms with Gasteiger partial charge in [-0.3, -0.25) is 0 Å². The van der Waals surface area contributed by atoms with Gasteiger partial charge < -0.3 is 10.6 Å². The van der Waals surface area contributed by atoms with Crippen molar-refractivity contribution in [2.75, 3.05) is 20.1 Å². The van der Waals surface area contributed by atoms with E-state index in [1.807, 2.05) is 0 Å². The minimum absolute atomic E-state index is 0.499. The molecule has 64 valence electrons. The fourth-order valence-corrected chi connectivity index (χ4v) is 2.67. The first-order valence-corrected chi connectivity index (χ1v) is 4.70.